The predicted octanol–water partition coefficient (Wildman–Crippen LogP) is 6.51. The molecule has 3 aromatic rings. The molecule has 37 heavy (non-hydrogen) atoms. The van der Waals surface area contributed by atoms with Crippen molar-refractivity contribution in [2.75, 3.05) is 13.2 Å². The number of halogens is 2. The number of aryl methyl sites for hydroxylation is 2. The highest BCUT2D eigenvalue weighted by Gasteiger charge is 2.30. The maximum absolute atomic E-state index is 13.7. The Bertz CT molecular complexity index is 1190. The van der Waals surface area contributed by atoms with Gasteiger partial charge in [-0.25, -0.2) is 0 Å². The van der Waals surface area contributed by atoms with Crippen molar-refractivity contribution in [2.24, 2.45) is 5.92 Å². The molecule has 196 valence electrons. The number of carbonyl (C=O) groups is 2. The van der Waals surface area contributed by atoms with E-state index in [2.05, 4.69) is 21.2 Å². The Labute approximate surface area is 233 Å². The van der Waals surface area contributed by atoms with Crippen LogP contribution in [0.5, 0.6) is 5.75 Å². The van der Waals surface area contributed by atoms with Crippen LogP contribution in [0.3, 0.4) is 0 Å². The normalized spacial score (nSPS) is 11.8. The Morgan fingerprint density at radius 3 is 2.24 bits per heavy atom. The number of ether oxygens (including phenoxy) is 1. The summed E-state index contributed by atoms with van der Waals surface area (Å²) in [6, 6.07) is 20.4. The van der Waals surface area contributed by atoms with Gasteiger partial charge >= 0.3 is 0 Å². The molecular formula is C30H34BrClN2O3. The number of hydrogen-bond donors (Lipinski definition) is 1. The van der Waals surface area contributed by atoms with Crippen molar-refractivity contribution >= 4 is 39.3 Å². The molecule has 7 heteroatoms. The number of carbonyl (C=O) groups excluding carboxylic acids is 2. The fourth-order valence-electron chi connectivity index (χ4n) is 4.03. The largest absolute Gasteiger partial charge is 0.484 e. The van der Waals surface area contributed by atoms with Gasteiger partial charge in [0.25, 0.3) is 5.91 Å². The maximum atomic E-state index is 13.7. The second-order valence-corrected chi connectivity index (χ2v) is 10.9. The summed E-state index contributed by atoms with van der Waals surface area (Å²) < 4.78 is 6.82. The van der Waals surface area contributed by atoms with Crippen LogP contribution in [0, 0.1) is 19.8 Å². The van der Waals surface area contributed by atoms with Crippen LogP contribution in [0.25, 0.3) is 0 Å². The first-order chi connectivity index (χ1) is 17.6. The molecule has 0 fully saturated rings. The number of benzene rings is 3. The smallest absolute Gasteiger partial charge is 0.261 e. The van der Waals surface area contributed by atoms with Crippen molar-refractivity contribution < 1.29 is 14.3 Å². The molecule has 5 nitrogen and oxygen atoms in total. The monoisotopic (exact) mass is 584 g/mol. The van der Waals surface area contributed by atoms with Gasteiger partial charge in [-0.1, -0.05) is 83.8 Å². The Hall–Kier alpha value is -2.83. The highest BCUT2D eigenvalue weighted by molar-refractivity contribution is 9.10. The molecule has 3 aromatic carbocycles. The van der Waals surface area contributed by atoms with Gasteiger partial charge in [0.15, 0.2) is 6.61 Å². The van der Waals surface area contributed by atoms with Gasteiger partial charge in [0, 0.05) is 29.0 Å². The van der Waals surface area contributed by atoms with Crippen LogP contribution in [0.2, 0.25) is 5.02 Å². The molecule has 0 radical (unpaired) electrons. The fraction of sp³-hybridized carbons (Fsp3) is 0.333. The average Bonchev–Trinajstić information content (AvgIpc) is 2.87. The number of nitrogens with zero attached hydrogens (tertiary/aromatic N) is 1. The van der Waals surface area contributed by atoms with Crippen molar-refractivity contribution in [3.05, 3.63) is 98.5 Å². The second kappa shape index (κ2) is 13.6. The van der Waals surface area contributed by atoms with E-state index < -0.39 is 6.04 Å². The van der Waals surface area contributed by atoms with E-state index >= 15 is 0 Å². The van der Waals surface area contributed by atoms with Gasteiger partial charge in [0.1, 0.15) is 11.8 Å². The van der Waals surface area contributed by atoms with Crippen molar-refractivity contribution in [2.45, 2.75) is 46.7 Å². The lowest BCUT2D eigenvalue weighted by atomic mass is 10.0. The highest BCUT2D eigenvalue weighted by atomic mass is 79.9. The van der Waals surface area contributed by atoms with Gasteiger partial charge in [-0.3, -0.25) is 9.59 Å². The third-order valence-corrected chi connectivity index (χ3v) is 7.06. The zero-order valence-electron chi connectivity index (χ0n) is 21.8. The minimum absolute atomic E-state index is 0.181. The minimum atomic E-state index is -0.704. The first kappa shape index (κ1) is 28.7. The highest BCUT2D eigenvalue weighted by Crippen LogP contribution is 2.26. The van der Waals surface area contributed by atoms with Crippen LogP contribution in [0.4, 0.5) is 0 Å². The van der Waals surface area contributed by atoms with Crippen LogP contribution in [-0.4, -0.2) is 35.9 Å². The summed E-state index contributed by atoms with van der Waals surface area (Å²) in [5.41, 5.74) is 3.65. The molecule has 0 bridgehead atoms. The summed E-state index contributed by atoms with van der Waals surface area (Å²) in [5, 5.41) is 3.71. The first-order valence-corrected chi connectivity index (χ1v) is 13.6. The van der Waals surface area contributed by atoms with Crippen LogP contribution in [-0.2, 0) is 22.6 Å². The topological polar surface area (TPSA) is 58.6 Å². The molecule has 1 N–H and O–H groups in total. The zero-order chi connectivity index (χ0) is 26.9. The summed E-state index contributed by atoms with van der Waals surface area (Å²) in [5.74, 6) is 0.402. The van der Waals surface area contributed by atoms with Gasteiger partial charge < -0.3 is 15.0 Å². The summed E-state index contributed by atoms with van der Waals surface area (Å²) in [4.78, 5) is 28.8. The molecule has 3 rings (SSSR count). The molecule has 1 atom stereocenters. The van der Waals surface area contributed by atoms with Crippen molar-refractivity contribution in [3.8, 4) is 5.75 Å². The Balaban J connectivity index is 1.91. The SMILES string of the molecule is Cc1cc(OCC(=O)N(Cc2cccc(Br)c2)[C@@H](Cc2ccccc2)C(=O)NCC(C)C)cc(C)c1Cl. The van der Waals surface area contributed by atoms with E-state index in [0.717, 1.165) is 26.7 Å². The first-order valence-electron chi connectivity index (χ1n) is 12.4. The van der Waals surface area contributed by atoms with E-state index in [1.54, 1.807) is 4.90 Å². The third-order valence-electron chi connectivity index (χ3n) is 5.97. The van der Waals surface area contributed by atoms with E-state index in [-0.39, 0.29) is 30.9 Å². The average molecular weight is 586 g/mol. The van der Waals surface area contributed by atoms with Gasteiger partial charge in [-0.2, -0.15) is 0 Å². The Morgan fingerprint density at radius 2 is 1.62 bits per heavy atom. The summed E-state index contributed by atoms with van der Waals surface area (Å²) in [7, 11) is 0. The van der Waals surface area contributed by atoms with Gasteiger partial charge in [0.2, 0.25) is 5.91 Å². The van der Waals surface area contributed by atoms with Crippen LogP contribution in [0.15, 0.2) is 71.2 Å². The second-order valence-electron chi connectivity index (χ2n) is 9.66. The molecule has 0 aliphatic heterocycles. The van der Waals surface area contributed by atoms with E-state index in [1.165, 1.54) is 0 Å². The predicted molar refractivity (Wildman–Crippen MR) is 153 cm³/mol. The molecule has 0 spiro atoms. The number of hydrogen-bond acceptors (Lipinski definition) is 3. The minimum Gasteiger partial charge on any atom is -0.484 e. The molecule has 0 saturated heterocycles. The maximum Gasteiger partial charge on any atom is 0.261 e. The van der Waals surface area contributed by atoms with Crippen LogP contribution >= 0.6 is 27.5 Å². The summed E-state index contributed by atoms with van der Waals surface area (Å²) in [6.45, 7) is 8.49. The Morgan fingerprint density at radius 1 is 0.973 bits per heavy atom. The van der Waals surface area contributed by atoms with Gasteiger partial charge in [-0.05, 0) is 66.3 Å². The molecule has 0 unspecified atom stereocenters. The molecule has 0 aliphatic carbocycles. The lowest BCUT2D eigenvalue weighted by molar-refractivity contribution is -0.142. The molecule has 0 aromatic heterocycles. The van der Waals surface area contributed by atoms with Gasteiger partial charge in [-0.15, -0.1) is 0 Å². The van der Waals surface area contributed by atoms with Crippen molar-refractivity contribution in [1.82, 2.24) is 10.2 Å². The molecule has 0 saturated carbocycles. The van der Waals surface area contributed by atoms with Crippen LogP contribution in [0.1, 0.15) is 36.1 Å². The number of nitrogens with one attached hydrogen (secondary N) is 1. The molecule has 2 amide bonds. The molecular weight excluding hydrogens is 552 g/mol. The number of rotatable bonds is 11. The lowest BCUT2D eigenvalue weighted by Crippen LogP contribution is -2.52. The van der Waals surface area contributed by atoms with E-state index in [1.807, 2.05) is 94.4 Å². The van der Waals surface area contributed by atoms with E-state index in [0.29, 0.717) is 23.7 Å². The van der Waals surface area contributed by atoms with Crippen molar-refractivity contribution in [1.29, 1.82) is 0 Å². The summed E-state index contributed by atoms with van der Waals surface area (Å²) >= 11 is 9.80. The lowest BCUT2D eigenvalue weighted by Gasteiger charge is -2.31. The fourth-order valence-corrected chi connectivity index (χ4v) is 4.58. The Kier molecular flexibility index (Phi) is 10.6. The third kappa shape index (κ3) is 8.61. The zero-order valence-corrected chi connectivity index (χ0v) is 24.1. The van der Waals surface area contributed by atoms with E-state index in [9.17, 15) is 9.59 Å². The molecule has 0 heterocycles. The number of amides is 2. The summed E-state index contributed by atoms with van der Waals surface area (Å²) in [6.07, 6.45) is 0.393. The standard InChI is InChI=1S/C30H34BrClN2O3/c1-20(2)17-33-30(36)27(16-23-9-6-5-7-10-23)34(18-24-11-8-12-25(31)15-24)28(35)19-37-26-13-21(3)29(32)22(4)14-26/h5-15,20,27H,16-19H2,1-4H3,(H,33,36)/t27-/m0/s1. The quantitative estimate of drug-likeness (QED) is 0.279. The van der Waals surface area contributed by atoms with Gasteiger partial charge in [0.05, 0.1) is 0 Å². The van der Waals surface area contributed by atoms with Crippen molar-refractivity contribution in [3.63, 3.8) is 0 Å². The van der Waals surface area contributed by atoms with Crippen LogP contribution < -0.4 is 10.1 Å². The molecule has 0 aliphatic rings. The van der Waals surface area contributed by atoms with E-state index in [4.69, 9.17) is 16.3 Å².